The van der Waals surface area contributed by atoms with Crippen molar-refractivity contribution in [2.45, 2.75) is 12.6 Å². The number of hydrogen-bond donors (Lipinski definition) is 2. The first-order valence-corrected chi connectivity index (χ1v) is 6.82. The fourth-order valence-electron chi connectivity index (χ4n) is 2.46. The van der Waals surface area contributed by atoms with Gasteiger partial charge in [0.05, 0.1) is 24.2 Å². The Morgan fingerprint density at radius 3 is 2.67 bits per heavy atom. The number of nitrogens with two attached hydrogens (primary N) is 1. The number of nitrogens with zero attached hydrogens (tertiary/aromatic N) is 3. The number of rotatable bonds is 3. The van der Waals surface area contributed by atoms with Gasteiger partial charge < -0.3 is 15.7 Å². The van der Waals surface area contributed by atoms with Crippen LogP contribution in [0.15, 0.2) is 12.3 Å². The third-order valence-corrected chi connectivity index (χ3v) is 3.55. The molecule has 0 bridgehead atoms. The van der Waals surface area contributed by atoms with Crippen LogP contribution in [-0.4, -0.2) is 54.3 Å². The lowest BCUT2D eigenvalue weighted by Gasteiger charge is -2.25. The quantitative estimate of drug-likeness (QED) is 0.878. The zero-order valence-corrected chi connectivity index (χ0v) is 11.6. The number of alkyl halides is 3. The number of aromatic nitrogens is 1. The summed E-state index contributed by atoms with van der Waals surface area (Å²) in [6.07, 6.45) is -2.60. The van der Waals surface area contributed by atoms with Crippen LogP contribution in [0.4, 0.5) is 24.5 Å². The fourth-order valence-corrected chi connectivity index (χ4v) is 2.46. The van der Waals surface area contributed by atoms with Gasteiger partial charge in [0.2, 0.25) is 0 Å². The average Bonchev–Trinajstić information content (AvgIpc) is 2.64. The third-order valence-electron chi connectivity index (χ3n) is 3.55. The molecule has 2 rings (SSSR count). The van der Waals surface area contributed by atoms with Gasteiger partial charge in [0.1, 0.15) is 5.69 Å². The molecule has 0 spiro atoms. The molecule has 2 heterocycles. The minimum absolute atomic E-state index is 0.0790. The van der Waals surface area contributed by atoms with Gasteiger partial charge in [-0.1, -0.05) is 0 Å². The molecular weight excluding hydrogens is 285 g/mol. The predicted molar refractivity (Wildman–Crippen MR) is 74.0 cm³/mol. The first-order valence-electron chi connectivity index (χ1n) is 6.82. The van der Waals surface area contributed by atoms with Gasteiger partial charge in [0.25, 0.3) is 0 Å². The van der Waals surface area contributed by atoms with Crippen molar-refractivity contribution in [3.63, 3.8) is 0 Å². The van der Waals surface area contributed by atoms with Crippen molar-refractivity contribution < 1.29 is 18.3 Å². The van der Waals surface area contributed by atoms with Crippen molar-refractivity contribution in [2.75, 3.05) is 50.0 Å². The Morgan fingerprint density at radius 1 is 1.24 bits per heavy atom. The first-order chi connectivity index (χ1) is 9.91. The average molecular weight is 304 g/mol. The lowest BCUT2D eigenvalue weighted by atomic mass is 10.2. The van der Waals surface area contributed by atoms with Crippen LogP contribution in [0.1, 0.15) is 12.1 Å². The maximum absolute atomic E-state index is 12.8. The number of anilines is 2. The topological polar surface area (TPSA) is 65.6 Å². The summed E-state index contributed by atoms with van der Waals surface area (Å²) in [5.41, 5.74) is 5.48. The van der Waals surface area contributed by atoms with E-state index in [2.05, 4.69) is 9.88 Å². The van der Waals surface area contributed by atoms with Crippen molar-refractivity contribution in [1.29, 1.82) is 0 Å². The Morgan fingerprint density at radius 2 is 2.00 bits per heavy atom. The molecular formula is C13H19F3N4O. The maximum Gasteiger partial charge on any atom is 0.433 e. The Labute approximate surface area is 121 Å². The van der Waals surface area contributed by atoms with E-state index >= 15 is 0 Å². The summed E-state index contributed by atoms with van der Waals surface area (Å²) in [5, 5.41) is 8.95. The predicted octanol–water partition coefficient (Wildman–Crippen LogP) is 1.19. The minimum Gasteiger partial charge on any atom is -0.396 e. The van der Waals surface area contributed by atoms with Crippen LogP contribution in [0.3, 0.4) is 0 Å². The molecule has 1 saturated heterocycles. The van der Waals surface area contributed by atoms with Crippen molar-refractivity contribution in [3.8, 4) is 0 Å². The number of aliphatic hydroxyl groups is 1. The van der Waals surface area contributed by atoms with E-state index < -0.39 is 11.9 Å². The van der Waals surface area contributed by atoms with Gasteiger partial charge in [-0.25, -0.2) is 4.98 Å². The molecule has 1 aromatic rings. The number of aliphatic hydroxyl groups excluding tert-OH is 1. The molecule has 3 N–H and O–H groups in total. The van der Waals surface area contributed by atoms with Crippen LogP contribution in [0.25, 0.3) is 0 Å². The summed E-state index contributed by atoms with van der Waals surface area (Å²) in [4.78, 5) is 7.29. The molecule has 5 nitrogen and oxygen atoms in total. The van der Waals surface area contributed by atoms with Gasteiger partial charge in [-0.15, -0.1) is 0 Å². The Kier molecular flexibility index (Phi) is 4.89. The molecule has 1 fully saturated rings. The normalized spacial score (nSPS) is 17.8. The van der Waals surface area contributed by atoms with E-state index in [4.69, 9.17) is 10.8 Å². The molecule has 1 aromatic heterocycles. The molecule has 0 amide bonds. The second-order valence-electron chi connectivity index (χ2n) is 5.03. The molecule has 0 atom stereocenters. The zero-order valence-electron chi connectivity index (χ0n) is 11.6. The molecule has 118 valence electrons. The maximum atomic E-state index is 12.8. The number of β-amino-alcohol motifs (C(OH)–C–C–N with tert-alkyl or cyclic N) is 1. The smallest absolute Gasteiger partial charge is 0.396 e. The fraction of sp³-hybridized carbons (Fsp3) is 0.615. The lowest BCUT2D eigenvalue weighted by molar-refractivity contribution is -0.141. The molecule has 0 radical (unpaired) electrons. The van der Waals surface area contributed by atoms with E-state index in [1.165, 1.54) is 0 Å². The van der Waals surface area contributed by atoms with Crippen molar-refractivity contribution in [1.82, 2.24) is 9.88 Å². The molecule has 0 unspecified atom stereocenters. The van der Waals surface area contributed by atoms with Crippen molar-refractivity contribution >= 4 is 11.4 Å². The highest BCUT2D eigenvalue weighted by molar-refractivity contribution is 5.67. The second kappa shape index (κ2) is 6.48. The van der Waals surface area contributed by atoms with Crippen LogP contribution in [0, 0.1) is 0 Å². The Balaban J connectivity index is 2.17. The highest BCUT2D eigenvalue weighted by Gasteiger charge is 2.33. The van der Waals surface area contributed by atoms with Gasteiger partial charge >= 0.3 is 6.18 Å². The van der Waals surface area contributed by atoms with E-state index in [-0.39, 0.29) is 12.3 Å². The monoisotopic (exact) mass is 304 g/mol. The van der Waals surface area contributed by atoms with E-state index in [0.29, 0.717) is 31.9 Å². The summed E-state index contributed by atoms with van der Waals surface area (Å²) in [5.74, 6) is 0. The van der Waals surface area contributed by atoms with Crippen LogP contribution in [-0.2, 0) is 6.18 Å². The molecule has 1 aliphatic rings. The zero-order chi connectivity index (χ0) is 15.5. The molecule has 0 aliphatic carbocycles. The molecule has 21 heavy (non-hydrogen) atoms. The molecule has 0 saturated carbocycles. The summed E-state index contributed by atoms with van der Waals surface area (Å²) >= 11 is 0. The van der Waals surface area contributed by atoms with Crippen LogP contribution in [0.2, 0.25) is 0 Å². The van der Waals surface area contributed by atoms with Crippen LogP contribution < -0.4 is 10.6 Å². The summed E-state index contributed by atoms with van der Waals surface area (Å²) in [6, 6.07) is 1.01. The van der Waals surface area contributed by atoms with E-state index in [1.54, 1.807) is 0 Å². The van der Waals surface area contributed by atoms with Gasteiger partial charge in [-0.2, -0.15) is 13.2 Å². The van der Waals surface area contributed by atoms with Gasteiger partial charge in [0.15, 0.2) is 0 Å². The first kappa shape index (κ1) is 15.8. The van der Waals surface area contributed by atoms with Crippen molar-refractivity contribution in [2.24, 2.45) is 0 Å². The SMILES string of the molecule is Nc1cnc(C(F)(F)F)cc1N1CCCN(CCO)CC1. The number of halogens is 3. The van der Waals surface area contributed by atoms with E-state index in [0.717, 1.165) is 25.2 Å². The molecule has 8 heteroatoms. The summed E-state index contributed by atoms with van der Waals surface area (Å²) < 4.78 is 38.3. The van der Waals surface area contributed by atoms with Crippen LogP contribution in [0.5, 0.6) is 0 Å². The summed E-state index contributed by atoms with van der Waals surface area (Å²) in [7, 11) is 0. The number of nitrogen functional groups attached to an aromatic ring is 1. The van der Waals surface area contributed by atoms with Gasteiger partial charge in [0, 0.05) is 26.2 Å². The highest BCUT2D eigenvalue weighted by Crippen LogP contribution is 2.33. The summed E-state index contributed by atoms with van der Waals surface area (Å²) in [6.45, 7) is 3.36. The van der Waals surface area contributed by atoms with Crippen molar-refractivity contribution in [3.05, 3.63) is 18.0 Å². The van der Waals surface area contributed by atoms with E-state index in [1.807, 2.05) is 4.90 Å². The van der Waals surface area contributed by atoms with Gasteiger partial charge in [-0.05, 0) is 19.0 Å². The standard InChI is InChI=1S/C13H19F3N4O/c14-13(15,16)12-8-11(10(17)9-18-12)20-3-1-2-19(4-5-20)6-7-21/h8-9,21H,1-7,17H2. The minimum atomic E-state index is -4.47. The third kappa shape index (κ3) is 3.98. The van der Waals surface area contributed by atoms with E-state index in [9.17, 15) is 13.2 Å². The van der Waals surface area contributed by atoms with Crippen LogP contribution >= 0.6 is 0 Å². The number of pyridine rings is 1. The molecule has 1 aliphatic heterocycles. The highest BCUT2D eigenvalue weighted by atomic mass is 19.4. The number of hydrogen-bond acceptors (Lipinski definition) is 5. The Bertz CT molecular complexity index is 481. The van der Waals surface area contributed by atoms with Gasteiger partial charge in [-0.3, -0.25) is 4.90 Å². The molecule has 0 aromatic carbocycles. The second-order valence-corrected chi connectivity index (χ2v) is 5.03. The lowest BCUT2D eigenvalue weighted by Crippen LogP contribution is -2.32. The largest absolute Gasteiger partial charge is 0.433 e. The Hall–Kier alpha value is -1.54.